The van der Waals surface area contributed by atoms with Gasteiger partial charge in [-0.1, -0.05) is 0 Å². The van der Waals surface area contributed by atoms with Gasteiger partial charge < -0.3 is 15.8 Å². The summed E-state index contributed by atoms with van der Waals surface area (Å²) in [4.78, 5) is 30.9. The fraction of sp³-hybridized carbons (Fsp3) is 0.533. The number of rotatable bonds is 10. The van der Waals surface area contributed by atoms with Crippen LogP contribution in [0.15, 0.2) is 12.4 Å². The molecule has 0 radical (unpaired) electrons. The second-order valence-corrected chi connectivity index (χ2v) is 4.91. The first-order valence-corrected chi connectivity index (χ1v) is 7.60. The van der Waals surface area contributed by atoms with Gasteiger partial charge in [-0.25, -0.2) is 9.97 Å². The SMILES string of the molecule is CCOC(=O)CCNC(=O)CCCCc1ncc(C(=N)N)cn1. The first-order valence-electron chi connectivity index (χ1n) is 7.60. The molecule has 0 fully saturated rings. The molecule has 0 spiro atoms. The van der Waals surface area contributed by atoms with E-state index in [4.69, 9.17) is 15.9 Å². The molecule has 1 amide bonds. The molecular formula is C15H23N5O3. The molecular weight excluding hydrogens is 298 g/mol. The number of amidine groups is 1. The van der Waals surface area contributed by atoms with Crippen LogP contribution in [0.5, 0.6) is 0 Å². The van der Waals surface area contributed by atoms with Crippen molar-refractivity contribution in [1.82, 2.24) is 15.3 Å². The average molecular weight is 321 g/mol. The van der Waals surface area contributed by atoms with Gasteiger partial charge >= 0.3 is 5.97 Å². The lowest BCUT2D eigenvalue weighted by Gasteiger charge is -2.05. The van der Waals surface area contributed by atoms with E-state index >= 15 is 0 Å². The molecule has 1 aromatic rings. The molecule has 0 saturated heterocycles. The molecule has 0 bridgehead atoms. The number of aryl methyl sites for hydroxylation is 1. The van der Waals surface area contributed by atoms with E-state index in [0.717, 1.165) is 6.42 Å². The van der Waals surface area contributed by atoms with Crippen molar-refractivity contribution >= 4 is 17.7 Å². The van der Waals surface area contributed by atoms with E-state index in [2.05, 4.69) is 15.3 Å². The van der Waals surface area contributed by atoms with Crippen LogP contribution < -0.4 is 11.1 Å². The van der Waals surface area contributed by atoms with Crippen LogP contribution in [0.25, 0.3) is 0 Å². The number of esters is 1. The van der Waals surface area contributed by atoms with Crippen molar-refractivity contribution in [2.45, 2.75) is 39.0 Å². The number of amides is 1. The lowest BCUT2D eigenvalue weighted by Crippen LogP contribution is -2.26. The van der Waals surface area contributed by atoms with Crippen LogP contribution in [-0.2, 0) is 20.7 Å². The Labute approximate surface area is 135 Å². The van der Waals surface area contributed by atoms with Crippen molar-refractivity contribution in [1.29, 1.82) is 5.41 Å². The molecule has 0 saturated carbocycles. The van der Waals surface area contributed by atoms with Crippen molar-refractivity contribution < 1.29 is 14.3 Å². The third kappa shape index (κ3) is 7.89. The molecule has 0 aliphatic heterocycles. The second kappa shape index (κ2) is 10.3. The minimum atomic E-state index is -0.307. The molecule has 0 aliphatic carbocycles. The van der Waals surface area contributed by atoms with Gasteiger partial charge in [0.25, 0.3) is 0 Å². The predicted octanol–water partition coefficient (Wildman–Crippen LogP) is 0.543. The maximum absolute atomic E-state index is 11.6. The van der Waals surface area contributed by atoms with Gasteiger partial charge in [-0.3, -0.25) is 15.0 Å². The highest BCUT2D eigenvalue weighted by Crippen LogP contribution is 2.03. The number of hydrogen-bond donors (Lipinski definition) is 3. The molecule has 1 heterocycles. The molecule has 1 aromatic heterocycles. The summed E-state index contributed by atoms with van der Waals surface area (Å²) in [6.45, 7) is 2.39. The highest BCUT2D eigenvalue weighted by atomic mass is 16.5. The summed E-state index contributed by atoms with van der Waals surface area (Å²) in [7, 11) is 0. The Bertz CT molecular complexity index is 530. The summed E-state index contributed by atoms with van der Waals surface area (Å²) >= 11 is 0. The van der Waals surface area contributed by atoms with Gasteiger partial charge in [0.05, 0.1) is 18.6 Å². The summed E-state index contributed by atoms with van der Waals surface area (Å²) in [5.74, 6) is 0.217. The third-order valence-corrected chi connectivity index (χ3v) is 3.03. The van der Waals surface area contributed by atoms with Crippen LogP contribution in [0, 0.1) is 5.41 Å². The minimum Gasteiger partial charge on any atom is -0.466 e. The zero-order valence-corrected chi connectivity index (χ0v) is 13.3. The first kappa shape index (κ1) is 18.5. The molecule has 4 N–H and O–H groups in total. The Hall–Kier alpha value is -2.51. The van der Waals surface area contributed by atoms with Gasteiger partial charge in [-0.05, 0) is 19.8 Å². The number of carbonyl (C=O) groups excluding carboxylic acids is 2. The van der Waals surface area contributed by atoms with E-state index < -0.39 is 0 Å². The molecule has 0 atom stereocenters. The predicted molar refractivity (Wildman–Crippen MR) is 84.9 cm³/mol. The van der Waals surface area contributed by atoms with Gasteiger partial charge in [0.15, 0.2) is 0 Å². The Morgan fingerprint density at radius 2 is 1.96 bits per heavy atom. The number of nitrogens with two attached hydrogens (primary N) is 1. The van der Waals surface area contributed by atoms with Crippen molar-refractivity contribution in [2.24, 2.45) is 5.73 Å². The maximum atomic E-state index is 11.6. The highest BCUT2D eigenvalue weighted by molar-refractivity contribution is 5.94. The normalized spacial score (nSPS) is 10.1. The van der Waals surface area contributed by atoms with Crippen molar-refractivity contribution in [3.05, 3.63) is 23.8 Å². The van der Waals surface area contributed by atoms with Crippen molar-refractivity contribution in [3.63, 3.8) is 0 Å². The molecule has 0 unspecified atom stereocenters. The molecule has 0 aliphatic rings. The lowest BCUT2D eigenvalue weighted by molar-refractivity contribution is -0.143. The first-order chi connectivity index (χ1) is 11.0. The topological polar surface area (TPSA) is 131 Å². The number of nitrogens with zero attached hydrogens (tertiary/aromatic N) is 2. The van der Waals surface area contributed by atoms with Crippen LogP contribution in [0.4, 0.5) is 0 Å². The Morgan fingerprint density at radius 1 is 1.26 bits per heavy atom. The molecule has 0 aromatic carbocycles. The van der Waals surface area contributed by atoms with Gasteiger partial charge in [0, 0.05) is 31.8 Å². The summed E-state index contributed by atoms with van der Waals surface area (Å²) in [6.07, 6.45) is 5.78. The van der Waals surface area contributed by atoms with Crippen LogP contribution in [-0.4, -0.2) is 40.8 Å². The van der Waals surface area contributed by atoms with Gasteiger partial charge in [-0.15, -0.1) is 0 Å². The highest BCUT2D eigenvalue weighted by Gasteiger charge is 2.05. The van der Waals surface area contributed by atoms with Crippen LogP contribution in [0.3, 0.4) is 0 Å². The quantitative estimate of drug-likeness (QED) is 0.249. The number of aromatic nitrogens is 2. The summed E-state index contributed by atoms with van der Waals surface area (Å²) in [6, 6.07) is 0. The number of ether oxygens (including phenoxy) is 1. The average Bonchev–Trinajstić information content (AvgIpc) is 2.52. The van der Waals surface area contributed by atoms with Crippen LogP contribution in [0.1, 0.15) is 44.0 Å². The van der Waals surface area contributed by atoms with Crippen LogP contribution in [0.2, 0.25) is 0 Å². The van der Waals surface area contributed by atoms with E-state index in [1.165, 1.54) is 12.4 Å². The van der Waals surface area contributed by atoms with E-state index in [1.807, 2.05) is 0 Å². The fourth-order valence-corrected chi connectivity index (χ4v) is 1.82. The standard InChI is InChI=1S/C15H23N5O3/c1-2-23-14(22)7-8-18-13(21)6-4-3-5-12-19-9-11(10-20-12)15(16)17/h9-10H,2-8H2,1H3,(H3,16,17)(H,18,21). The summed E-state index contributed by atoms with van der Waals surface area (Å²) in [5, 5.41) is 9.93. The Balaban J connectivity index is 2.13. The van der Waals surface area contributed by atoms with E-state index in [9.17, 15) is 9.59 Å². The minimum absolute atomic E-state index is 0.0592. The summed E-state index contributed by atoms with van der Waals surface area (Å²) < 4.78 is 4.77. The lowest BCUT2D eigenvalue weighted by atomic mass is 10.1. The monoisotopic (exact) mass is 321 g/mol. The number of nitrogens with one attached hydrogen (secondary N) is 2. The zero-order chi connectivity index (χ0) is 17.1. The van der Waals surface area contributed by atoms with Gasteiger partial charge in [0.2, 0.25) is 5.91 Å². The van der Waals surface area contributed by atoms with Crippen molar-refractivity contribution in [2.75, 3.05) is 13.2 Å². The molecule has 1 rings (SSSR count). The van der Waals surface area contributed by atoms with Gasteiger partial charge in [0.1, 0.15) is 11.7 Å². The molecule has 23 heavy (non-hydrogen) atoms. The molecule has 8 heteroatoms. The molecule has 126 valence electrons. The zero-order valence-electron chi connectivity index (χ0n) is 13.3. The third-order valence-electron chi connectivity index (χ3n) is 3.03. The number of unbranched alkanes of at least 4 members (excludes halogenated alkanes) is 1. The second-order valence-electron chi connectivity index (χ2n) is 4.91. The molecule has 8 nitrogen and oxygen atoms in total. The Morgan fingerprint density at radius 3 is 2.57 bits per heavy atom. The summed E-state index contributed by atoms with van der Waals surface area (Å²) in [5.41, 5.74) is 5.82. The van der Waals surface area contributed by atoms with Gasteiger partial charge in [-0.2, -0.15) is 0 Å². The number of carbonyl (C=O) groups is 2. The van der Waals surface area contributed by atoms with Crippen molar-refractivity contribution in [3.8, 4) is 0 Å². The number of nitrogen functional groups attached to an aromatic ring is 1. The number of hydrogen-bond acceptors (Lipinski definition) is 6. The van der Waals surface area contributed by atoms with E-state index in [0.29, 0.717) is 43.8 Å². The van der Waals surface area contributed by atoms with Crippen LogP contribution >= 0.6 is 0 Å². The fourth-order valence-electron chi connectivity index (χ4n) is 1.82. The van der Waals surface area contributed by atoms with E-state index in [1.54, 1.807) is 6.92 Å². The smallest absolute Gasteiger partial charge is 0.307 e. The Kier molecular flexibility index (Phi) is 8.27. The largest absolute Gasteiger partial charge is 0.466 e. The van der Waals surface area contributed by atoms with E-state index in [-0.39, 0.29) is 24.1 Å². The maximum Gasteiger partial charge on any atom is 0.307 e.